The van der Waals surface area contributed by atoms with Crippen molar-refractivity contribution in [1.29, 1.82) is 0 Å². The second-order valence-corrected chi connectivity index (χ2v) is 3.11. The Morgan fingerprint density at radius 3 is 2.50 bits per heavy atom. The highest BCUT2D eigenvalue weighted by molar-refractivity contribution is 6.30. The van der Waals surface area contributed by atoms with E-state index < -0.39 is 29.1 Å². The van der Waals surface area contributed by atoms with E-state index in [1.807, 2.05) is 0 Å². The summed E-state index contributed by atoms with van der Waals surface area (Å²) in [6.07, 6.45) is -6.30. The number of nitro groups is 1. The van der Waals surface area contributed by atoms with Crippen LogP contribution in [0.5, 0.6) is 5.75 Å². The molecule has 0 amide bonds. The van der Waals surface area contributed by atoms with Crippen LogP contribution in [0, 0.1) is 10.1 Å². The van der Waals surface area contributed by atoms with Gasteiger partial charge in [-0.25, -0.2) is 8.78 Å². The molecule has 8 heteroatoms. The van der Waals surface area contributed by atoms with Gasteiger partial charge < -0.3 is 4.74 Å². The summed E-state index contributed by atoms with van der Waals surface area (Å²) in [6.45, 7) is 0. The molecule has 0 saturated carbocycles. The molecule has 0 aliphatic rings. The van der Waals surface area contributed by atoms with Gasteiger partial charge in [0, 0.05) is 11.1 Å². The van der Waals surface area contributed by atoms with Crippen molar-refractivity contribution in [3.05, 3.63) is 33.3 Å². The molecule has 0 saturated heterocycles. The van der Waals surface area contributed by atoms with Gasteiger partial charge in [0.1, 0.15) is 0 Å². The quantitative estimate of drug-likeness (QED) is 0.613. The molecule has 4 nitrogen and oxygen atoms in total. The first kappa shape index (κ1) is 12.6. The number of benzene rings is 1. The average Bonchev–Trinajstić information content (AvgIpc) is 2.20. The van der Waals surface area contributed by atoms with Gasteiger partial charge in [-0.3, -0.25) is 10.1 Å². The molecular formula is C8H5ClF3NO3. The van der Waals surface area contributed by atoms with Gasteiger partial charge in [-0.1, -0.05) is 11.6 Å². The molecule has 0 spiro atoms. The molecule has 0 N–H and O–H groups in total. The van der Waals surface area contributed by atoms with Crippen LogP contribution >= 0.6 is 11.6 Å². The molecule has 1 atom stereocenters. The summed E-state index contributed by atoms with van der Waals surface area (Å²) in [4.78, 5) is 9.58. The lowest BCUT2D eigenvalue weighted by atomic mass is 10.3. The Hall–Kier alpha value is -1.50. The smallest absolute Gasteiger partial charge is 0.312 e. The van der Waals surface area contributed by atoms with Crippen molar-refractivity contribution >= 4 is 17.3 Å². The molecule has 16 heavy (non-hydrogen) atoms. The largest absolute Gasteiger partial charge is 0.447 e. The van der Waals surface area contributed by atoms with Crippen molar-refractivity contribution in [2.45, 2.75) is 12.8 Å². The minimum atomic E-state index is -3.38. The van der Waals surface area contributed by atoms with E-state index in [2.05, 4.69) is 4.74 Å². The number of halogens is 4. The Kier molecular flexibility index (Phi) is 3.94. The van der Waals surface area contributed by atoms with Gasteiger partial charge in [-0.2, -0.15) is 4.39 Å². The van der Waals surface area contributed by atoms with Crippen molar-refractivity contribution < 1.29 is 22.8 Å². The number of ether oxygens (including phenoxy) is 1. The number of rotatable bonds is 4. The zero-order valence-corrected chi connectivity index (χ0v) is 8.33. The number of nitrogens with zero attached hydrogens (tertiary/aromatic N) is 1. The summed E-state index contributed by atoms with van der Waals surface area (Å²) in [5, 5.41) is 10.5. The number of hydrogen-bond acceptors (Lipinski definition) is 3. The predicted molar refractivity (Wildman–Crippen MR) is 49.6 cm³/mol. The summed E-state index contributed by atoms with van der Waals surface area (Å²) in [7, 11) is 0. The van der Waals surface area contributed by atoms with E-state index in [9.17, 15) is 23.3 Å². The molecule has 0 fully saturated rings. The van der Waals surface area contributed by atoms with Gasteiger partial charge in [0.15, 0.2) is 0 Å². The van der Waals surface area contributed by atoms with Crippen LogP contribution in [0.3, 0.4) is 0 Å². The minimum Gasteiger partial charge on any atom is -0.447 e. The van der Waals surface area contributed by atoms with Gasteiger partial charge in [0.05, 0.1) is 4.92 Å². The second kappa shape index (κ2) is 5.02. The number of alkyl halides is 3. The number of hydrogen-bond donors (Lipinski definition) is 0. The van der Waals surface area contributed by atoms with Gasteiger partial charge in [-0.15, -0.1) is 0 Å². The van der Waals surface area contributed by atoms with Crippen molar-refractivity contribution in [2.24, 2.45) is 0 Å². The Labute approximate surface area is 92.7 Å². The molecule has 1 aromatic carbocycles. The zero-order chi connectivity index (χ0) is 12.3. The predicted octanol–water partition coefficient (Wildman–Crippen LogP) is 3.19. The van der Waals surface area contributed by atoms with Crippen LogP contribution in [0.4, 0.5) is 18.9 Å². The maximum absolute atomic E-state index is 12.5. The lowest BCUT2D eigenvalue weighted by molar-refractivity contribution is -0.386. The molecular weight excluding hydrogens is 251 g/mol. The monoisotopic (exact) mass is 255 g/mol. The third-order valence-electron chi connectivity index (χ3n) is 1.56. The van der Waals surface area contributed by atoms with Crippen molar-refractivity contribution in [3.63, 3.8) is 0 Å². The van der Waals surface area contributed by atoms with Crippen LogP contribution in [0.25, 0.3) is 0 Å². The highest BCUT2D eigenvalue weighted by Gasteiger charge is 2.25. The first-order valence-electron chi connectivity index (χ1n) is 3.94. The van der Waals surface area contributed by atoms with Crippen molar-refractivity contribution in [3.8, 4) is 5.75 Å². The van der Waals surface area contributed by atoms with Crippen molar-refractivity contribution in [2.75, 3.05) is 0 Å². The Morgan fingerprint density at radius 2 is 2.00 bits per heavy atom. The van der Waals surface area contributed by atoms with E-state index in [-0.39, 0.29) is 5.02 Å². The second-order valence-electron chi connectivity index (χ2n) is 2.67. The van der Waals surface area contributed by atoms with Gasteiger partial charge in [0.25, 0.3) is 6.36 Å². The molecule has 1 unspecified atom stereocenters. The standard InChI is InChI=1S/C8H5ClF3NO3/c9-4-1-2-6(5(3-4)13(14)15)16-8(12)7(10)11/h1-3,7-8H. The Morgan fingerprint density at radius 1 is 1.38 bits per heavy atom. The normalized spacial score (nSPS) is 12.6. The zero-order valence-electron chi connectivity index (χ0n) is 7.57. The molecule has 0 radical (unpaired) electrons. The topological polar surface area (TPSA) is 52.4 Å². The average molecular weight is 256 g/mol. The summed E-state index contributed by atoms with van der Waals surface area (Å²) >= 11 is 5.46. The van der Waals surface area contributed by atoms with Crippen LogP contribution in [0.15, 0.2) is 18.2 Å². The van der Waals surface area contributed by atoms with E-state index in [4.69, 9.17) is 11.6 Å². The van der Waals surface area contributed by atoms with E-state index in [0.29, 0.717) is 0 Å². The van der Waals surface area contributed by atoms with Crippen molar-refractivity contribution in [1.82, 2.24) is 0 Å². The fraction of sp³-hybridized carbons (Fsp3) is 0.250. The van der Waals surface area contributed by atoms with E-state index >= 15 is 0 Å². The van der Waals surface area contributed by atoms with Gasteiger partial charge >= 0.3 is 12.1 Å². The first-order chi connectivity index (χ1) is 7.41. The summed E-state index contributed by atoms with van der Waals surface area (Å²) in [6, 6.07) is 3.01. The third kappa shape index (κ3) is 2.99. The van der Waals surface area contributed by atoms with Crippen LogP contribution in [-0.2, 0) is 0 Å². The number of nitro benzene ring substituents is 1. The summed E-state index contributed by atoms with van der Waals surface area (Å²) < 4.78 is 40.3. The highest BCUT2D eigenvalue weighted by Crippen LogP contribution is 2.31. The first-order valence-corrected chi connectivity index (χ1v) is 4.32. The molecule has 0 aliphatic carbocycles. The Bertz CT molecular complexity index is 402. The summed E-state index contributed by atoms with van der Waals surface area (Å²) in [5.74, 6) is -0.595. The maximum atomic E-state index is 12.5. The lowest BCUT2D eigenvalue weighted by Gasteiger charge is -2.10. The van der Waals surface area contributed by atoms with Crippen LogP contribution in [-0.4, -0.2) is 17.7 Å². The van der Waals surface area contributed by atoms with E-state index in [0.717, 1.165) is 12.1 Å². The van der Waals surface area contributed by atoms with Crippen LogP contribution < -0.4 is 4.74 Å². The maximum Gasteiger partial charge on any atom is 0.312 e. The molecule has 0 heterocycles. The van der Waals surface area contributed by atoms with Gasteiger partial charge in [0.2, 0.25) is 5.75 Å². The van der Waals surface area contributed by atoms with E-state index in [1.54, 1.807) is 0 Å². The summed E-state index contributed by atoms with van der Waals surface area (Å²) in [5.41, 5.74) is -0.671. The van der Waals surface area contributed by atoms with Crippen LogP contribution in [0.2, 0.25) is 5.02 Å². The fourth-order valence-corrected chi connectivity index (χ4v) is 1.07. The molecule has 0 aliphatic heterocycles. The lowest BCUT2D eigenvalue weighted by Crippen LogP contribution is -2.20. The third-order valence-corrected chi connectivity index (χ3v) is 1.79. The fourth-order valence-electron chi connectivity index (χ4n) is 0.906. The Balaban J connectivity index is 2.99. The highest BCUT2D eigenvalue weighted by atomic mass is 35.5. The molecule has 1 rings (SSSR count). The van der Waals surface area contributed by atoms with E-state index in [1.165, 1.54) is 6.07 Å². The SMILES string of the molecule is O=[N+]([O-])c1cc(Cl)ccc1OC(F)C(F)F. The minimum absolute atomic E-state index is 0.0199. The van der Waals surface area contributed by atoms with Crippen LogP contribution in [0.1, 0.15) is 0 Å². The molecule has 0 bridgehead atoms. The van der Waals surface area contributed by atoms with Gasteiger partial charge in [-0.05, 0) is 12.1 Å². The molecule has 0 aromatic heterocycles. The molecule has 88 valence electrons. The molecule has 1 aromatic rings.